The van der Waals surface area contributed by atoms with Crippen molar-refractivity contribution in [3.05, 3.63) is 59.7 Å². The molecule has 1 heterocycles. The van der Waals surface area contributed by atoms with Crippen LogP contribution in [0.1, 0.15) is 29.9 Å². The molecule has 1 aliphatic heterocycles. The summed E-state index contributed by atoms with van der Waals surface area (Å²) in [5.74, 6) is 0.472. The number of urea groups is 1. The highest BCUT2D eigenvalue weighted by Crippen LogP contribution is 2.28. The number of esters is 1. The maximum Gasteiger partial charge on any atom is 0.343 e. The van der Waals surface area contributed by atoms with Gasteiger partial charge in [-0.2, -0.15) is 0 Å². The van der Waals surface area contributed by atoms with Crippen molar-refractivity contribution >= 4 is 17.7 Å². The monoisotopic (exact) mass is 382 g/mol. The van der Waals surface area contributed by atoms with E-state index in [2.05, 4.69) is 41.2 Å². The third-order valence-corrected chi connectivity index (χ3v) is 4.91. The van der Waals surface area contributed by atoms with Gasteiger partial charge in [-0.25, -0.2) is 9.59 Å². The second kappa shape index (κ2) is 9.26. The Morgan fingerprint density at radius 2 is 1.96 bits per heavy atom. The molecule has 3 rings (SSSR count). The number of anilines is 1. The molecule has 2 aromatic carbocycles. The number of ether oxygens (including phenoxy) is 2. The molecule has 6 heteroatoms. The molecule has 1 saturated heterocycles. The molecule has 0 unspecified atom stereocenters. The van der Waals surface area contributed by atoms with Gasteiger partial charge in [-0.05, 0) is 49.6 Å². The molecule has 1 fully saturated rings. The Morgan fingerprint density at radius 3 is 2.68 bits per heavy atom. The van der Waals surface area contributed by atoms with Gasteiger partial charge in [0.2, 0.25) is 0 Å². The van der Waals surface area contributed by atoms with Crippen molar-refractivity contribution in [3.63, 3.8) is 0 Å². The number of aryl methyl sites for hydroxylation is 1. The lowest BCUT2D eigenvalue weighted by Crippen LogP contribution is -2.41. The predicted octanol–water partition coefficient (Wildman–Crippen LogP) is 3.96. The summed E-state index contributed by atoms with van der Waals surface area (Å²) >= 11 is 0. The number of hydrogen-bond donors (Lipinski definition) is 1. The van der Waals surface area contributed by atoms with Crippen LogP contribution in [0.5, 0.6) is 5.75 Å². The summed E-state index contributed by atoms with van der Waals surface area (Å²) in [5.41, 5.74) is 3.23. The minimum Gasteiger partial charge on any atom is -0.482 e. The van der Waals surface area contributed by atoms with E-state index >= 15 is 0 Å². The molecule has 6 nitrogen and oxygen atoms in total. The van der Waals surface area contributed by atoms with Crippen LogP contribution in [0.15, 0.2) is 48.5 Å². The first-order valence-corrected chi connectivity index (χ1v) is 9.47. The van der Waals surface area contributed by atoms with Crippen LogP contribution in [0.4, 0.5) is 10.5 Å². The van der Waals surface area contributed by atoms with Gasteiger partial charge in [-0.3, -0.25) is 0 Å². The van der Waals surface area contributed by atoms with Gasteiger partial charge in [0.15, 0.2) is 6.61 Å². The molecular formula is C22H26N2O4. The van der Waals surface area contributed by atoms with Gasteiger partial charge in [0.1, 0.15) is 5.75 Å². The largest absolute Gasteiger partial charge is 0.482 e. The molecule has 1 aliphatic rings. The number of nitrogens with one attached hydrogen (secondary N) is 1. The smallest absolute Gasteiger partial charge is 0.343 e. The lowest BCUT2D eigenvalue weighted by molar-refractivity contribution is -0.142. The molecule has 0 aliphatic carbocycles. The van der Waals surface area contributed by atoms with Gasteiger partial charge in [0.25, 0.3) is 0 Å². The summed E-state index contributed by atoms with van der Waals surface area (Å²) in [6, 6.07) is 15.4. The summed E-state index contributed by atoms with van der Waals surface area (Å²) in [7, 11) is 1.31. The van der Waals surface area contributed by atoms with Gasteiger partial charge < -0.3 is 19.7 Å². The molecule has 1 N–H and O–H groups in total. The van der Waals surface area contributed by atoms with E-state index in [1.165, 1.54) is 18.2 Å². The first-order chi connectivity index (χ1) is 13.5. The Hall–Kier alpha value is -3.02. The average Bonchev–Trinajstić information content (AvgIpc) is 2.73. The molecule has 148 valence electrons. The van der Waals surface area contributed by atoms with Crippen molar-refractivity contribution in [3.8, 4) is 5.75 Å². The minimum atomic E-state index is -0.439. The third-order valence-electron chi connectivity index (χ3n) is 4.91. The zero-order valence-electron chi connectivity index (χ0n) is 16.3. The van der Waals surface area contributed by atoms with Crippen LogP contribution in [0.25, 0.3) is 0 Å². The molecule has 0 radical (unpaired) electrons. The number of likely N-dealkylation sites (tertiary alicyclic amines) is 1. The number of carbonyl (C=O) groups excluding carboxylic acids is 2. The number of rotatable bonds is 5. The fourth-order valence-electron chi connectivity index (χ4n) is 3.40. The molecule has 0 saturated carbocycles. The summed E-state index contributed by atoms with van der Waals surface area (Å²) in [6.07, 6.45) is 2.09. The number of nitrogens with zero attached hydrogens (tertiary/aromatic N) is 1. The van der Waals surface area contributed by atoms with E-state index in [0.717, 1.165) is 25.9 Å². The molecule has 2 aromatic rings. The van der Waals surface area contributed by atoms with Gasteiger partial charge in [-0.1, -0.05) is 29.8 Å². The maximum atomic E-state index is 12.7. The van der Waals surface area contributed by atoms with Crippen LogP contribution in [0.3, 0.4) is 0 Å². The second-order valence-electron chi connectivity index (χ2n) is 7.02. The zero-order chi connectivity index (χ0) is 19.9. The SMILES string of the molecule is COC(=O)COc1ccc(NC(=O)N2CCC[C@@H](c3cccc(C)c3)C2)cc1. The first kappa shape index (κ1) is 19.7. The number of methoxy groups -OCH3 is 1. The lowest BCUT2D eigenvalue weighted by Gasteiger charge is -2.33. The number of carbonyl (C=O) groups is 2. The van der Waals surface area contributed by atoms with Crippen molar-refractivity contribution in [2.24, 2.45) is 0 Å². The van der Waals surface area contributed by atoms with Crippen LogP contribution in [0.2, 0.25) is 0 Å². The normalized spacial score (nSPS) is 16.4. The zero-order valence-corrected chi connectivity index (χ0v) is 16.3. The molecule has 0 aromatic heterocycles. The predicted molar refractivity (Wildman–Crippen MR) is 108 cm³/mol. The topological polar surface area (TPSA) is 67.9 Å². The van der Waals surface area contributed by atoms with E-state index < -0.39 is 5.97 Å². The Bertz CT molecular complexity index is 820. The van der Waals surface area contributed by atoms with Gasteiger partial charge in [0, 0.05) is 24.7 Å². The number of piperidine rings is 1. The summed E-state index contributed by atoms with van der Waals surface area (Å²) in [5, 5.41) is 2.94. The minimum absolute atomic E-state index is 0.0967. The quantitative estimate of drug-likeness (QED) is 0.795. The van der Waals surface area contributed by atoms with E-state index in [4.69, 9.17) is 4.74 Å². The van der Waals surface area contributed by atoms with Gasteiger partial charge in [0.05, 0.1) is 7.11 Å². The van der Waals surface area contributed by atoms with Crippen molar-refractivity contribution in [1.82, 2.24) is 4.90 Å². The highest BCUT2D eigenvalue weighted by Gasteiger charge is 2.24. The second-order valence-corrected chi connectivity index (χ2v) is 7.02. The maximum absolute atomic E-state index is 12.7. The van der Waals surface area contributed by atoms with Crippen molar-refractivity contribution in [1.29, 1.82) is 0 Å². The Kier molecular flexibility index (Phi) is 6.53. The Morgan fingerprint density at radius 1 is 1.18 bits per heavy atom. The Labute approximate surface area is 165 Å². The highest BCUT2D eigenvalue weighted by atomic mass is 16.6. The summed E-state index contributed by atoms with van der Waals surface area (Å²) < 4.78 is 9.85. The first-order valence-electron chi connectivity index (χ1n) is 9.47. The van der Waals surface area contributed by atoms with Crippen LogP contribution >= 0.6 is 0 Å². The van der Waals surface area contributed by atoms with E-state index in [1.54, 1.807) is 24.3 Å². The molecule has 2 amide bonds. The molecule has 0 spiro atoms. The molecule has 1 atom stereocenters. The third kappa shape index (κ3) is 5.25. The average molecular weight is 382 g/mol. The standard InChI is InChI=1S/C22H26N2O4/c1-16-5-3-6-17(13-16)18-7-4-12-24(14-18)22(26)23-19-8-10-20(11-9-19)28-15-21(25)27-2/h3,5-6,8-11,13,18H,4,7,12,14-15H2,1-2H3,(H,23,26)/t18-/m1/s1. The van der Waals surface area contributed by atoms with E-state index in [-0.39, 0.29) is 12.6 Å². The van der Waals surface area contributed by atoms with Crippen molar-refractivity contribution in [2.45, 2.75) is 25.7 Å². The summed E-state index contributed by atoms with van der Waals surface area (Å²) in [4.78, 5) is 25.7. The fraction of sp³-hybridized carbons (Fsp3) is 0.364. The van der Waals surface area contributed by atoms with Gasteiger partial charge in [-0.15, -0.1) is 0 Å². The summed E-state index contributed by atoms with van der Waals surface area (Å²) in [6.45, 7) is 3.43. The van der Waals surface area contributed by atoms with E-state index in [1.807, 2.05) is 4.90 Å². The van der Waals surface area contributed by atoms with Gasteiger partial charge >= 0.3 is 12.0 Å². The van der Waals surface area contributed by atoms with Crippen LogP contribution < -0.4 is 10.1 Å². The molecule has 28 heavy (non-hydrogen) atoms. The highest BCUT2D eigenvalue weighted by molar-refractivity contribution is 5.89. The van der Waals surface area contributed by atoms with Crippen molar-refractivity contribution in [2.75, 3.05) is 32.1 Å². The van der Waals surface area contributed by atoms with Crippen LogP contribution in [0, 0.1) is 6.92 Å². The molecular weight excluding hydrogens is 356 g/mol. The van der Waals surface area contributed by atoms with Crippen molar-refractivity contribution < 1.29 is 19.1 Å². The van der Waals surface area contributed by atoms with Crippen LogP contribution in [-0.2, 0) is 9.53 Å². The van der Waals surface area contributed by atoms with Crippen LogP contribution in [-0.4, -0.2) is 43.7 Å². The fourth-order valence-corrected chi connectivity index (χ4v) is 3.40. The Balaban J connectivity index is 1.56. The molecule has 0 bridgehead atoms. The number of amides is 2. The van der Waals surface area contributed by atoms with E-state index in [9.17, 15) is 9.59 Å². The lowest BCUT2D eigenvalue weighted by atomic mass is 9.90. The number of hydrogen-bond acceptors (Lipinski definition) is 4. The number of benzene rings is 2. The van der Waals surface area contributed by atoms with E-state index in [0.29, 0.717) is 17.4 Å².